The molecule has 0 unspecified atom stereocenters. The summed E-state index contributed by atoms with van der Waals surface area (Å²) >= 11 is 1.39. The van der Waals surface area contributed by atoms with Crippen LogP contribution in [0.2, 0.25) is 0 Å². The van der Waals surface area contributed by atoms with Crippen LogP contribution in [-0.4, -0.2) is 39.6 Å². The number of nitrogens with zero attached hydrogens (tertiary/aromatic N) is 4. The van der Waals surface area contributed by atoms with Crippen LogP contribution in [0, 0.1) is 12.8 Å². The van der Waals surface area contributed by atoms with Crippen molar-refractivity contribution >= 4 is 22.5 Å². The van der Waals surface area contributed by atoms with Crippen molar-refractivity contribution in [1.82, 2.24) is 25.7 Å². The molecule has 1 aliphatic heterocycles. The molecule has 0 radical (unpaired) electrons. The van der Waals surface area contributed by atoms with Crippen LogP contribution in [0.3, 0.4) is 0 Å². The lowest BCUT2D eigenvalue weighted by Gasteiger charge is -2.34. The summed E-state index contributed by atoms with van der Waals surface area (Å²) < 4.78 is 10.8. The van der Waals surface area contributed by atoms with Gasteiger partial charge in [0.05, 0.1) is 0 Å². The van der Waals surface area contributed by atoms with Gasteiger partial charge in [-0.05, 0) is 19.3 Å². The average molecular weight is 380 g/mol. The Kier molecular flexibility index (Phi) is 5.82. The first-order valence-corrected chi connectivity index (χ1v) is 9.58. The van der Waals surface area contributed by atoms with Crippen LogP contribution in [-0.2, 0) is 16.7 Å². The highest BCUT2D eigenvalue weighted by Crippen LogP contribution is 2.31. The smallest absolute Gasteiger partial charge is 0.321 e. The van der Waals surface area contributed by atoms with Gasteiger partial charge >= 0.3 is 6.03 Å². The van der Waals surface area contributed by atoms with Crippen LogP contribution in [0.25, 0.3) is 0 Å². The maximum atomic E-state index is 12.5. The van der Waals surface area contributed by atoms with Gasteiger partial charge in [0.2, 0.25) is 5.13 Å². The summed E-state index contributed by atoms with van der Waals surface area (Å²) in [6, 6.07) is -0.366. The third-order valence-corrected chi connectivity index (χ3v) is 5.16. The molecular weight excluding hydrogens is 356 g/mol. The summed E-state index contributed by atoms with van der Waals surface area (Å²) in [4.78, 5) is 16.8. The van der Waals surface area contributed by atoms with Crippen molar-refractivity contribution in [2.45, 2.75) is 52.0 Å². The fourth-order valence-corrected chi connectivity index (χ4v) is 3.52. The molecule has 3 heterocycles. The summed E-state index contributed by atoms with van der Waals surface area (Å²) in [6.07, 6.45) is 3.04. The normalized spacial score (nSPS) is 16.6. The van der Waals surface area contributed by atoms with Crippen molar-refractivity contribution in [3.63, 3.8) is 0 Å². The number of hydrogen-bond donors (Lipinski definition) is 2. The number of carbonyl (C=O) groups excluding carboxylic acids is 1. The minimum Gasteiger partial charge on any atom is -0.381 e. The van der Waals surface area contributed by atoms with Gasteiger partial charge in [-0.3, -0.25) is 5.32 Å². The Morgan fingerprint density at radius 3 is 2.73 bits per heavy atom. The Morgan fingerprint density at radius 1 is 1.31 bits per heavy atom. The fourth-order valence-electron chi connectivity index (χ4n) is 2.77. The molecule has 9 nitrogen and oxygen atoms in total. The molecule has 2 N–H and O–H groups in total. The Hall–Kier alpha value is -2.07. The molecular formula is C16H24N6O3S. The molecule has 26 heavy (non-hydrogen) atoms. The Bertz CT molecular complexity index is 738. The van der Waals surface area contributed by atoms with Gasteiger partial charge in [-0.2, -0.15) is 4.98 Å². The average Bonchev–Trinajstić information content (AvgIpc) is 3.23. The van der Waals surface area contributed by atoms with Crippen LogP contribution < -0.4 is 10.6 Å². The van der Waals surface area contributed by atoms with E-state index in [1.165, 1.54) is 11.3 Å². The molecule has 0 aliphatic carbocycles. The van der Waals surface area contributed by atoms with Crippen molar-refractivity contribution < 1.29 is 14.1 Å². The van der Waals surface area contributed by atoms with Crippen LogP contribution in [0.15, 0.2) is 4.52 Å². The molecule has 2 aromatic heterocycles. The number of aryl methyl sites for hydroxylation is 2. The molecule has 10 heteroatoms. The highest BCUT2D eigenvalue weighted by atomic mass is 32.1. The second-order valence-electron chi connectivity index (χ2n) is 6.85. The number of carbonyl (C=O) groups is 1. The predicted molar refractivity (Wildman–Crippen MR) is 96.0 cm³/mol. The summed E-state index contributed by atoms with van der Waals surface area (Å²) in [6.45, 7) is 7.11. The van der Waals surface area contributed by atoms with Crippen LogP contribution in [0.4, 0.5) is 9.93 Å². The van der Waals surface area contributed by atoms with Crippen molar-refractivity contribution in [2.24, 2.45) is 5.92 Å². The number of ether oxygens (including phenoxy) is 1. The molecule has 1 saturated heterocycles. The topological polar surface area (TPSA) is 115 Å². The first-order chi connectivity index (χ1) is 12.5. The lowest BCUT2D eigenvalue weighted by Crippen LogP contribution is -2.51. The minimum atomic E-state index is -0.727. The molecule has 0 atom stereocenters. The lowest BCUT2D eigenvalue weighted by atomic mass is 9.90. The van der Waals surface area contributed by atoms with E-state index < -0.39 is 5.54 Å². The van der Waals surface area contributed by atoms with Crippen LogP contribution >= 0.6 is 11.3 Å². The SMILES string of the molecule is Cc1noc(C2(NC(=O)Nc3nnc(CCC(C)C)s3)CCOCC2)n1. The maximum Gasteiger partial charge on any atom is 0.321 e. The van der Waals surface area contributed by atoms with Gasteiger partial charge < -0.3 is 14.6 Å². The van der Waals surface area contributed by atoms with E-state index >= 15 is 0 Å². The molecule has 0 bridgehead atoms. The summed E-state index contributed by atoms with van der Waals surface area (Å²) in [7, 11) is 0. The lowest BCUT2D eigenvalue weighted by molar-refractivity contribution is 0.0285. The molecule has 1 aliphatic rings. The number of aromatic nitrogens is 4. The second kappa shape index (κ2) is 8.09. The standard InChI is InChI=1S/C16H24N6O3S/c1-10(2)4-5-12-20-21-15(26-12)18-14(23)19-16(6-8-24-9-7-16)13-17-11(3)22-25-13/h10H,4-9H2,1-3H3,(H2,18,19,21,23). The van der Waals surface area contributed by atoms with Gasteiger partial charge in [0.15, 0.2) is 5.82 Å². The van der Waals surface area contributed by atoms with E-state index in [1.807, 2.05) is 0 Å². The molecule has 0 aromatic carbocycles. The summed E-state index contributed by atoms with van der Waals surface area (Å²) in [5, 5.41) is 19.2. The molecule has 0 saturated carbocycles. The quantitative estimate of drug-likeness (QED) is 0.791. The van der Waals surface area contributed by atoms with E-state index in [9.17, 15) is 4.79 Å². The van der Waals surface area contributed by atoms with Gasteiger partial charge in [0.25, 0.3) is 5.89 Å². The fraction of sp³-hybridized carbons (Fsp3) is 0.688. The number of amides is 2. The Labute approximate surface area is 155 Å². The molecule has 2 aromatic rings. The number of anilines is 1. The predicted octanol–water partition coefficient (Wildman–Crippen LogP) is 2.65. The monoisotopic (exact) mass is 380 g/mol. The first kappa shape index (κ1) is 18.7. The van der Waals surface area contributed by atoms with E-state index in [2.05, 4.69) is 44.8 Å². The zero-order chi connectivity index (χ0) is 18.6. The highest BCUT2D eigenvalue weighted by molar-refractivity contribution is 7.15. The van der Waals surface area contributed by atoms with Crippen LogP contribution in [0.1, 0.15) is 49.8 Å². The highest BCUT2D eigenvalue weighted by Gasteiger charge is 2.41. The Balaban J connectivity index is 1.65. The van der Waals surface area contributed by atoms with E-state index in [1.54, 1.807) is 6.92 Å². The second-order valence-corrected chi connectivity index (χ2v) is 7.92. The van der Waals surface area contributed by atoms with E-state index in [-0.39, 0.29) is 6.03 Å². The van der Waals surface area contributed by atoms with E-state index in [0.29, 0.717) is 48.8 Å². The van der Waals surface area contributed by atoms with Gasteiger partial charge in [-0.1, -0.05) is 30.3 Å². The number of hydrogen-bond acceptors (Lipinski definition) is 8. The van der Waals surface area contributed by atoms with Gasteiger partial charge in [0.1, 0.15) is 10.5 Å². The third kappa shape index (κ3) is 4.55. The maximum absolute atomic E-state index is 12.5. The van der Waals surface area contributed by atoms with Crippen molar-refractivity contribution in [3.05, 3.63) is 16.7 Å². The van der Waals surface area contributed by atoms with Crippen LogP contribution in [0.5, 0.6) is 0 Å². The van der Waals surface area contributed by atoms with Crippen molar-refractivity contribution in [1.29, 1.82) is 0 Å². The van der Waals surface area contributed by atoms with Gasteiger partial charge in [-0.15, -0.1) is 10.2 Å². The van der Waals surface area contributed by atoms with E-state index in [4.69, 9.17) is 9.26 Å². The number of urea groups is 1. The third-order valence-electron chi connectivity index (χ3n) is 4.26. The van der Waals surface area contributed by atoms with Crippen molar-refractivity contribution in [2.75, 3.05) is 18.5 Å². The molecule has 142 valence electrons. The van der Waals surface area contributed by atoms with E-state index in [0.717, 1.165) is 17.8 Å². The molecule has 3 rings (SSSR count). The molecule has 0 spiro atoms. The number of rotatable bonds is 6. The van der Waals surface area contributed by atoms with Gasteiger partial charge in [-0.25, -0.2) is 4.79 Å². The first-order valence-electron chi connectivity index (χ1n) is 8.77. The minimum absolute atomic E-state index is 0.366. The van der Waals surface area contributed by atoms with Gasteiger partial charge in [0, 0.05) is 32.5 Å². The zero-order valence-electron chi connectivity index (χ0n) is 15.2. The number of nitrogens with one attached hydrogen (secondary N) is 2. The largest absolute Gasteiger partial charge is 0.381 e. The van der Waals surface area contributed by atoms with Crippen molar-refractivity contribution in [3.8, 4) is 0 Å². The Morgan fingerprint density at radius 2 is 2.08 bits per heavy atom. The molecule has 2 amide bonds. The molecule has 1 fully saturated rings. The summed E-state index contributed by atoms with van der Waals surface area (Å²) in [5.74, 6) is 1.54. The summed E-state index contributed by atoms with van der Waals surface area (Å²) in [5.41, 5.74) is -0.727. The zero-order valence-corrected chi connectivity index (χ0v) is 16.1.